The normalized spacial score (nSPS) is 12.9. The first-order valence-corrected chi connectivity index (χ1v) is 11.1. The molecule has 0 saturated heterocycles. The predicted molar refractivity (Wildman–Crippen MR) is 114 cm³/mol. The molecule has 1 atom stereocenters. The summed E-state index contributed by atoms with van der Waals surface area (Å²) in [6.07, 6.45) is -2.21. The Balaban J connectivity index is 1.75. The lowest BCUT2D eigenvalue weighted by Gasteiger charge is -2.14. The molecule has 1 unspecified atom stereocenters. The minimum absolute atomic E-state index is 0.0785. The molecule has 11 heteroatoms. The molecular formula is C21H21F3N4O3S. The van der Waals surface area contributed by atoms with E-state index in [9.17, 15) is 26.4 Å². The molecular weight excluding hydrogens is 445 g/mol. The molecule has 0 radical (unpaired) electrons. The highest BCUT2D eigenvalue weighted by atomic mass is 32.2. The van der Waals surface area contributed by atoms with Crippen LogP contribution < -0.4 is 10.0 Å². The fourth-order valence-electron chi connectivity index (χ4n) is 2.88. The van der Waals surface area contributed by atoms with E-state index < -0.39 is 27.7 Å². The van der Waals surface area contributed by atoms with Crippen molar-refractivity contribution in [3.8, 4) is 0 Å². The van der Waals surface area contributed by atoms with Gasteiger partial charge in [0.15, 0.2) is 0 Å². The fourth-order valence-corrected chi connectivity index (χ4v) is 3.93. The molecule has 0 spiro atoms. The van der Waals surface area contributed by atoms with Gasteiger partial charge in [-0.25, -0.2) is 13.1 Å². The third-order valence-electron chi connectivity index (χ3n) is 4.79. The highest BCUT2D eigenvalue weighted by molar-refractivity contribution is 7.92. The smallest absolute Gasteiger partial charge is 0.307 e. The zero-order valence-corrected chi connectivity index (χ0v) is 18.0. The van der Waals surface area contributed by atoms with Gasteiger partial charge in [-0.2, -0.15) is 18.3 Å². The van der Waals surface area contributed by atoms with Gasteiger partial charge in [-0.3, -0.25) is 9.52 Å². The number of halogens is 3. The molecule has 32 heavy (non-hydrogen) atoms. The van der Waals surface area contributed by atoms with Crippen molar-refractivity contribution in [3.05, 3.63) is 71.9 Å². The van der Waals surface area contributed by atoms with Crippen LogP contribution in [0.2, 0.25) is 0 Å². The molecule has 1 amide bonds. The van der Waals surface area contributed by atoms with Crippen LogP contribution in [0.15, 0.2) is 65.7 Å². The molecule has 0 saturated carbocycles. The quantitative estimate of drug-likeness (QED) is 0.517. The number of alkyl halides is 3. The van der Waals surface area contributed by atoms with Crippen molar-refractivity contribution in [2.45, 2.75) is 37.4 Å². The van der Waals surface area contributed by atoms with E-state index >= 15 is 0 Å². The van der Waals surface area contributed by atoms with Crippen molar-refractivity contribution in [2.75, 3.05) is 10.0 Å². The lowest BCUT2D eigenvalue weighted by molar-refractivity contribution is -0.137. The molecule has 3 rings (SSSR count). The van der Waals surface area contributed by atoms with Crippen molar-refractivity contribution in [1.29, 1.82) is 0 Å². The Hall–Kier alpha value is -3.34. The first-order valence-electron chi connectivity index (χ1n) is 9.66. The fraction of sp³-hybridized carbons (Fsp3) is 0.238. The minimum atomic E-state index is -4.60. The topological polar surface area (TPSA) is 93.1 Å². The largest absolute Gasteiger partial charge is 0.416 e. The predicted octanol–water partition coefficient (Wildman–Crippen LogP) is 4.93. The Morgan fingerprint density at radius 1 is 1.12 bits per heavy atom. The van der Waals surface area contributed by atoms with Crippen LogP contribution in [0.4, 0.5) is 24.7 Å². The highest BCUT2D eigenvalue weighted by Crippen LogP contribution is 2.31. The van der Waals surface area contributed by atoms with Gasteiger partial charge in [0.25, 0.3) is 15.9 Å². The van der Waals surface area contributed by atoms with Crippen molar-refractivity contribution in [3.63, 3.8) is 0 Å². The van der Waals surface area contributed by atoms with Crippen molar-refractivity contribution < 1.29 is 26.4 Å². The number of carbonyl (C=O) groups excluding carboxylic acids is 1. The number of sulfonamides is 1. The SMILES string of the molecule is CCC(C)n1nccc1NC(=O)c1ccc(S(=O)(=O)Nc2cccc(C(F)(F)F)c2)cc1. The van der Waals surface area contributed by atoms with Gasteiger partial charge in [-0.05, 0) is 55.8 Å². The molecule has 0 aliphatic carbocycles. The number of carbonyl (C=O) groups is 1. The minimum Gasteiger partial charge on any atom is -0.307 e. The average molecular weight is 466 g/mol. The Morgan fingerprint density at radius 3 is 2.44 bits per heavy atom. The van der Waals surface area contributed by atoms with Crippen LogP contribution in [0.5, 0.6) is 0 Å². The lowest BCUT2D eigenvalue weighted by atomic mass is 10.2. The van der Waals surface area contributed by atoms with Crippen LogP contribution in [-0.2, 0) is 16.2 Å². The molecule has 0 bridgehead atoms. The first kappa shape index (κ1) is 23.3. The number of benzene rings is 2. The number of amides is 1. The van der Waals surface area contributed by atoms with E-state index in [1.807, 2.05) is 13.8 Å². The number of hydrogen-bond donors (Lipinski definition) is 2. The molecule has 1 heterocycles. The Kier molecular flexibility index (Phi) is 6.58. The molecule has 2 N–H and O–H groups in total. The molecule has 0 fully saturated rings. The molecule has 0 aliphatic heterocycles. The maximum absolute atomic E-state index is 12.8. The Bertz CT molecular complexity index is 1210. The van der Waals surface area contributed by atoms with Crippen molar-refractivity contribution >= 4 is 27.4 Å². The summed E-state index contributed by atoms with van der Waals surface area (Å²) in [5.41, 5.74) is -0.985. The number of rotatable bonds is 7. The van der Waals surface area contributed by atoms with Gasteiger partial charge in [0.1, 0.15) is 5.82 Å². The van der Waals surface area contributed by atoms with E-state index in [1.165, 1.54) is 30.3 Å². The first-order chi connectivity index (χ1) is 15.0. The van der Waals surface area contributed by atoms with E-state index in [0.29, 0.717) is 11.9 Å². The van der Waals surface area contributed by atoms with Crippen molar-refractivity contribution in [1.82, 2.24) is 9.78 Å². The van der Waals surface area contributed by atoms with Crippen LogP contribution in [-0.4, -0.2) is 24.1 Å². The van der Waals surface area contributed by atoms with Gasteiger partial charge >= 0.3 is 6.18 Å². The van der Waals surface area contributed by atoms with Gasteiger partial charge in [0, 0.05) is 17.3 Å². The summed E-state index contributed by atoms with van der Waals surface area (Å²) in [5, 5.41) is 6.92. The number of nitrogens with one attached hydrogen (secondary N) is 2. The molecule has 2 aromatic carbocycles. The summed E-state index contributed by atoms with van der Waals surface area (Å²) in [5.74, 6) is 0.0529. The Morgan fingerprint density at radius 2 is 1.81 bits per heavy atom. The zero-order valence-electron chi connectivity index (χ0n) is 17.2. The van der Waals surface area contributed by atoms with Gasteiger partial charge in [-0.15, -0.1) is 0 Å². The van der Waals surface area contributed by atoms with Crippen molar-refractivity contribution in [2.24, 2.45) is 0 Å². The van der Waals surface area contributed by atoms with Gasteiger partial charge in [0.2, 0.25) is 0 Å². The Labute approximate surface area is 183 Å². The van der Waals surface area contributed by atoms with Gasteiger partial charge < -0.3 is 5.32 Å². The summed E-state index contributed by atoms with van der Waals surface area (Å²) in [6, 6.07) is 10.7. The third-order valence-corrected chi connectivity index (χ3v) is 6.19. The van der Waals surface area contributed by atoms with E-state index in [-0.39, 0.29) is 22.2 Å². The van der Waals surface area contributed by atoms with E-state index in [0.717, 1.165) is 18.6 Å². The zero-order chi connectivity index (χ0) is 23.5. The molecule has 170 valence electrons. The number of hydrogen-bond acceptors (Lipinski definition) is 4. The lowest BCUT2D eigenvalue weighted by Crippen LogP contribution is -2.18. The maximum Gasteiger partial charge on any atom is 0.416 e. The van der Waals surface area contributed by atoms with Crippen LogP contribution >= 0.6 is 0 Å². The number of nitrogens with zero attached hydrogens (tertiary/aromatic N) is 2. The van der Waals surface area contributed by atoms with E-state index in [1.54, 1.807) is 16.9 Å². The summed E-state index contributed by atoms with van der Waals surface area (Å²) in [4.78, 5) is 12.3. The number of aromatic nitrogens is 2. The monoisotopic (exact) mass is 466 g/mol. The average Bonchev–Trinajstić information content (AvgIpc) is 3.20. The molecule has 7 nitrogen and oxygen atoms in total. The second kappa shape index (κ2) is 9.03. The number of anilines is 2. The molecule has 1 aromatic heterocycles. The van der Waals surface area contributed by atoms with Crippen LogP contribution in [0, 0.1) is 0 Å². The van der Waals surface area contributed by atoms with Crippen LogP contribution in [0.25, 0.3) is 0 Å². The summed E-state index contributed by atoms with van der Waals surface area (Å²) in [6.45, 7) is 3.95. The maximum atomic E-state index is 12.8. The summed E-state index contributed by atoms with van der Waals surface area (Å²) >= 11 is 0. The molecule has 3 aromatic rings. The van der Waals surface area contributed by atoms with E-state index in [4.69, 9.17) is 0 Å². The van der Waals surface area contributed by atoms with Crippen LogP contribution in [0.3, 0.4) is 0 Å². The third kappa shape index (κ3) is 5.28. The summed E-state index contributed by atoms with van der Waals surface area (Å²) in [7, 11) is -4.15. The second-order valence-electron chi connectivity index (χ2n) is 7.08. The second-order valence-corrected chi connectivity index (χ2v) is 8.76. The molecule has 0 aliphatic rings. The highest BCUT2D eigenvalue weighted by Gasteiger charge is 2.30. The van der Waals surface area contributed by atoms with Crippen LogP contribution in [0.1, 0.15) is 42.2 Å². The van der Waals surface area contributed by atoms with Gasteiger partial charge in [-0.1, -0.05) is 13.0 Å². The van der Waals surface area contributed by atoms with Gasteiger partial charge in [0.05, 0.1) is 22.7 Å². The summed E-state index contributed by atoms with van der Waals surface area (Å²) < 4.78 is 67.4. The standard InChI is InChI=1S/C21H21F3N4O3S/c1-3-14(2)28-19(11-12-25-28)26-20(29)15-7-9-18(10-8-15)32(30,31)27-17-6-4-5-16(13-17)21(22,23)24/h4-14,27H,3H2,1-2H3,(H,26,29). The van der Waals surface area contributed by atoms with E-state index in [2.05, 4.69) is 15.1 Å².